The number of hydrogen-bond acceptors (Lipinski definition) is 6. The van der Waals surface area contributed by atoms with Crippen LogP contribution in [-0.4, -0.2) is 58.3 Å². The number of β-lactam (4-membered cyclic amide) rings is 1. The van der Waals surface area contributed by atoms with Crippen LogP contribution in [0.15, 0.2) is 11.3 Å². The highest BCUT2D eigenvalue weighted by Crippen LogP contribution is 2.40. The molecular formula is C14H21N3O5S. The van der Waals surface area contributed by atoms with Crippen LogP contribution in [0.5, 0.6) is 0 Å². The van der Waals surface area contributed by atoms with Gasteiger partial charge in [0.25, 0.3) is 0 Å². The maximum absolute atomic E-state index is 12.3. The maximum atomic E-state index is 12.3. The summed E-state index contributed by atoms with van der Waals surface area (Å²) in [6.45, 7) is 2.63. The van der Waals surface area contributed by atoms with Gasteiger partial charge < -0.3 is 20.9 Å². The molecule has 0 saturated carbocycles. The van der Waals surface area contributed by atoms with Gasteiger partial charge in [-0.3, -0.25) is 9.69 Å². The van der Waals surface area contributed by atoms with Gasteiger partial charge in [0.1, 0.15) is 23.7 Å². The van der Waals surface area contributed by atoms with Crippen LogP contribution in [-0.2, 0) is 14.3 Å². The Morgan fingerprint density at radius 1 is 1.48 bits per heavy atom. The average molecular weight is 343 g/mol. The fraction of sp³-hybridized carbons (Fsp3) is 0.643. The van der Waals surface area contributed by atoms with Gasteiger partial charge in [0.15, 0.2) is 0 Å². The van der Waals surface area contributed by atoms with Crippen LogP contribution >= 0.6 is 11.8 Å². The zero-order valence-corrected chi connectivity index (χ0v) is 13.7. The van der Waals surface area contributed by atoms with Crippen molar-refractivity contribution >= 4 is 29.7 Å². The van der Waals surface area contributed by atoms with Gasteiger partial charge in [0.2, 0.25) is 5.91 Å². The lowest BCUT2D eigenvalue weighted by Gasteiger charge is -2.49. The van der Waals surface area contributed by atoms with E-state index in [4.69, 9.17) is 5.73 Å². The predicted molar refractivity (Wildman–Crippen MR) is 84.6 cm³/mol. The molecule has 2 amide bonds. The molecule has 0 radical (unpaired) electrons. The lowest BCUT2D eigenvalue weighted by molar-refractivity contribution is -0.149. The number of nitrogens with two attached hydrogens (primary N) is 1. The molecule has 1 fully saturated rings. The van der Waals surface area contributed by atoms with Crippen LogP contribution in [0.2, 0.25) is 0 Å². The molecule has 9 heteroatoms. The number of amides is 2. The van der Waals surface area contributed by atoms with Gasteiger partial charge in [0, 0.05) is 11.3 Å². The third-order valence-electron chi connectivity index (χ3n) is 3.78. The Hall–Kier alpha value is -1.74. The monoisotopic (exact) mass is 343 g/mol. The Morgan fingerprint density at radius 3 is 2.83 bits per heavy atom. The van der Waals surface area contributed by atoms with E-state index in [-0.39, 0.29) is 29.6 Å². The van der Waals surface area contributed by atoms with Gasteiger partial charge >= 0.3 is 12.1 Å². The predicted octanol–water partition coefficient (Wildman–Crippen LogP) is 0.484. The largest absolute Gasteiger partial charge is 0.477 e. The average Bonchev–Trinajstić information content (AvgIpc) is 2.51. The van der Waals surface area contributed by atoms with Crippen LogP contribution in [0.25, 0.3) is 0 Å². The van der Waals surface area contributed by atoms with E-state index in [1.165, 1.54) is 16.7 Å². The molecule has 2 heterocycles. The SMILES string of the molecule is CCCCCNC1C(=O)N2C(C(=O)O)=C(COC(N)=O)CS[C@@H]12. The number of aliphatic carboxylic acids is 1. The summed E-state index contributed by atoms with van der Waals surface area (Å²) < 4.78 is 4.67. The van der Waals surface area contributed by atoms with E-state index >= 15 is 0 Å². The van der Waals surface area contributed by atoms with Crippen LogP contribution in [0, 0.1) is 0 Å². The number of unbranched alkanes of at least 4 members (excludes halogenated alkanes) is 2. The first-order chi connectivity index (χ1) is 11.0. The number of hydrogen-bond donors (Lipinski definition) is 3. The standard InChI is InChI=1S/C14H21N3O5S/c1-2-3-4-5-16-9-11(18)17-10(13(19)20)8(6-22-14(15)21)7-23-12(9)17/h9,12,16H,2-7H2,1H3,(H2,15,21)(H,19,20)/t9?,12-/m0/s1. The first-order valence-corrected chi connectivity index (χ1v) is 8.57. The van der Waals surface area contributed by atoms with Crippen molar-refractivity contribution in [2.75, 3.05) is 18.9 Å². The van der Waals surface area contributed by atoms with Gasteiger partial charge in [-0.1, -0.05) is 19.8 Å². The van der Waals surface area contributed by atoms with Crippen molar-refractivity contribution in [1.29, 1.82) is 0 Å². The summed E-state index contributed by atoms with van der Waals surface area (Å²) in [5, 5.41) is 12.4. The first kappa shape index (κ1) is 17.6. The van der Waals surface area contributed by atoms with Gasteiger partial charge in [-0.2, -0.15) is 0 Å². The number of carbonyl (C=O) groups is 3. The maximum Gasteiger partial charge on any atom is 0.404 e. The number of carbonyl (C=O) groups excluding carboxylic acids is 2. The number of rotatable bonds is 8. The summed E-state index contributed by atoms with van der Waals surface area (Å²) in [5.41, 5.74) is 5.20. The Kier molecular flexibility index (Phi) is 5.89. The van der Waals surface area contributed by atoms with Crippen molar-refractivity contribution < 1.29 is 24.2 Å². The minimum Gasteiger partial charge on any atom is -0.477 e. The van der Waals surface area contributed by atoms with Gasteiger partial charge in [-0.05, 0) is 13.0 Å². The normalized spacial score (nSPS) is 23.3. The molecule has 1 unspecified atom stereocenters. The second-order valence-corrected chi connectivity index (χ2v) is 6.52. The number of nitrogens with zero attached hydrogens (tertiary/aromatic N) is 1. The minimum atomic E-state index is -1.20. The molecule has 2 aliphatic heterocycles. The summed E-state index contributed by atoms with van der Waals surface area (Å²) in [7, 11) is 0. The van der Waals surface area contributed by atoms with Crippen molar-refractivity contribution in [1.82, 2.24) is 10.2 Å². The molecule has 1 saturated heterocycles. The van der Waals surface area contributed by atoms with Crippen LogP contribution < -0.4 is 11.1 Å². The summed E-state index contributed by atoms with van der Waals surface area (Å²) in [4.78, 5) is 35.7. The molecule has 2 aliphatic rings. The fourth-order valence-electron chi connectivity index (χ4n) is 2.64. The molecule has 0 bridgehead atoms. The lowest BCUT2D eigenvalue weighted by Crippen LogP contribution is -2.70. The van der Waals surface area contributed by atoms with Crippen LogP contribution in [0.3, 0.4) is 0 Å². The molecule has 2 rings (SSSR count). The number of thioether (sulfide) groups is 1. The van der Waals surface area contributed by atoms with Crippen molar-refractivity contribution in [3.05, 3.63) is 11.3 Å². The van der Waals surface area contributed by atoms with Gasteiger partial charge in [-0.25, -0.2) is 9.59 Å². The van der Waals surface area contributed by atoms with E-state index in [0.717, 1.165) is 25.8 Å². The quantitative estimate of drug-likeness (QED) is 0.433. The molecule has 4 N–H and O–H groups in total. The highest BCUT2D eigenvalue weighted by atomic mass is 32.2. The molecule has 0 spiro atoms. The van der Waals surface area contributed by atoms with Crippen LogP contribution in [0.4, 0.5) is 4.79 Å². The van der Waals surface area contributed by atoms with E-state index in [2.05, 4.69) is 17.0 Å². The zero-order valence-electron chi connectivity index (χ0n) is 12.9. The topological polar surface area (TPSA) is 122 Å². The van der Waals surface area contributed by atoms with Crippen LogP contribution in [0.1, 0.15) is 26.2 Å². The highest BCUT2D eigenvalue weighted by molar-refractivity contribution is 8.00. The Morgan fingerprint density at radius 2 is 2.22 bits per heavy atom. The molecule has 0 aliphatic carbocycles. The van der Waals surface area contributed by atoms with E-state index in [9.17, 15) is 19.5 Å². The molecular weight excluding hydrogens is 322 g/mol. The Labute approximate surface area is 138 Å². The zero-order chi connectivity index (χ0) is 17.0. The van der Waals surface area contributed by atoms with Crippen molar-refractivity contribution in [3.8, 4) is 0 Å². The number of fused-ring (bicyclic) bond motifs is 1. The molecule has 8 nitrogen and oxygen atoms in total. The number of carboxylic acid groups (broad SMARTS) is 1. The smallest absolute Gasteiger partial charge is 0.404 e. The van der Waals surface area contributed by atoms with Gasteiger partial charge in [-0.15, -0.1) is 11.8 Å². The van der Waals surface area contributed by atoms with E-state index in [1.54, 1.807) is 0 Å². The van der Waals surface area contributed by atoms with Crippen molar-refractivity contribution in [2.24, 2.45) is 5.73 Å². The molecule has 0 aromatic heterocycles. The number of carboxylic acids is 1. The van der Waals surface area contributed by atoms with E-state index in [0.29, 0.717) is 11.3 Å². The third kappa shape index (κ3) is 3.78. The van der Waals surface area contributed by atoms with Crippen molar-refractivity contribution in [3.63, 3.8) is 0 Å². The Bertz CT molecular complexity index is 537. The van der Waals surface area contributed by atoms with E-state index < -0.39 is 12.1 Å². The number of primary amides is 1. The molecule has 23 heavy (non-hydrogen) atoms. The van der Waals surface area contributed by atoms with E-state index in [1.807, 2.05) is 0 Å². The highest BCUT2D eigenvalue weighted by Gasteiger charge is 2.53. The third-order valence-corrected chi connectivity index (χ3v) is 5.12. The summed E-state index contributed by atoms with van der Waals surface area (Å²) in [6, 6.07) is -0.357. The van der Waals surface area contributed by atoms with Crippen molar-refractivity contribution in [2.45, 2.75) is 37.6 Å². The lowest BCUT2D eigenvalue weighted by atomic mass is 10.0. The number of ether oxygens (including phenoxy) is 1. The Balaban J connectivity index is 2.04. The number of nitrogens with one attached hydrogen (secondary N) is 1. The summed E-state index contributed by atoms with van der Waals surface area (Å²) in [6.07, 6.45) is 2.20. The fourth-order valence-corrected chi connectivity index (χ4v) is 4.00. The molecule has 128 valence electrons. The first-order valence-electron chi connectivity index (χ1n) is 7.53. The molecule has 0 aromatic rings. The second-order valence-electron chi connectivity index (χ2n) is 5.41. The second kappa shape index (κ2) is 7.69. The summed E-state index contributed by atoms with van der Waals surface area (Å²) >= 11 is 1.46. The molecule has 2 atom stereocenters. The minimum absolute atomic E-state index is 0.0911. The molecule has 0 aromatic carbocycles. The van der Waals surface area contributed by atoms with Gasteiger partial charge in [0.05, 0.1) is 0 Å². The summed E-state index contributed by atoms with van der Waals surface area (Å²) in [5.74, 6) is -1.07.